The van der Waals surface area contributed by atoms with Crippen LogP contribution >= 0.6 is 0 Å². The smallest absolute Gasteiger partial charge is 0.308 e. The monoisotopic (exact) mass is 376 g/mol. The maximum atomic E-state index is 12.6. The lowest BCUT2D eigenvalue weighted by Gasteiger charge is -2.24. The number of rotatable bonds is 7. The fourth-order valence-corrected chi connectivity index (χ4v) is 2.30. The number of ether oxygens (including phenoxy) is 1. The first-order valence-corrected chi connectivity index (χ1v) is 9.27. The molecule has 27 heavy (non-hydrogen) atoms. The summed E-state index contributed by atoms with van der Waals surface area (Å²) in [5.74, 6) is -0.950. The molecule has 0 aliphatic carbocycles. The Labute approximate surface area is 162 Å². The minimum atomic E-state index is -0.717. The Hall–Kier alpha value is -2.37. The van der Waals surface area contributed by atoms with Crippen LogP contribution in [0.4, 0.5) is 0 Å². The van der Waals surface area contributed by atoms with Crippen molar-refractivity contribution in [3.05, 3.63) is 35.4 Å². The summed E-state index contributed by atoms with van der Waals surface area (Å²) in [6.07, 6.45) is -0.204. The lowest BCUT2D eigenvalue weighted by Crippen LogP contribution is -2.49. The molecular formula is C21H32N2O4. The molecule has 2 unspecified atom stereocenters. The van der Waals surface area contributed by atoms with Gasteiger partial charge < -0.3 is 15.4 Å². The molecule has 0 spiro atoms. The summed E-state index contributed by atoms with van der Waals surface area (Å²) in [5, 5.41) is 5.56. The number of carbonyl (C=O) groups excluding carboxylic acids is 3. The molecule has 0 saturated carbocycles. The number of benzene rings is 1. The summed E-state index contributed by atoms with van der Waals surface area (Å²) in [6, 6.07) is 6.35. The van der Waals surface area contributed by atoms with Crippen molar-refractivity contribution in [2.24, 2.45) is 5.41 Å². The fourth-order valence-electron chi connectivity index (χ4n) is 2.30. The molecule has 2 N–H and O–H groups in total. The van der Waals surface area contributed by atoms with Gasteiger partial charge in [-0.05, 0) is 33.3 Å². The highest BCUT2D eigenvalue weighted by Gasteiger charge is 2.27. The van der Waals surface area contributed by atoms with Gasteiger partial charge in [0.15, 0.2) is 0 Å². The molecular weight excluding hydrogens is 344 g/mol. The Morgan fingerprint density at radius 2 is 1.56 bits per heavy atom. The highest BCUT2D eigenvalue weighted by molar-refractivity contribution is 5.89. The van der Waals surface area contributed by atoms with E-state index < -0.39 is 17.5 Å². The van der Waals surface area contributed by atoms with Crippen molar-refractivity contribution in [3.63, 3.8) is 0 Å². The van der Waals surface area contributed by atoms with Gasteiger partial charge in [-0.3, -0.25) is 14.4 Å². The van der Waals surface area contributed by atoms with Gasteiger partial charge in [-0.1, -0.05) is 50.6 Å². The van der Waals surface area contributed by atoms with Crippen LogP contribution in [0.3, 0.4) is 0 Å². The van der Waals surface area contributed by atoms with Crippen molar-refractivity contribution in [2.45, 2.75) is 73.1 Å². The molecule has 0 radical (unpaired) electrons. The standard InChI is InChI=1S/C21H32N2O4/c1-13(2)27-18(24)12-17(16-10-8-14(3)9-11-16)23-19(25)15(4)22-20(26)21(5,6)7/h8-11,13,15,17H,12H2,1-7H3,(H,22,26)(H,23,25). The molecule has 1 aromatic rings. The Morgan fingerprint density at radius 3 is 2.04 bits per heavy atom. The van der Waals surface area contributed by atoms with Crippen LogP contribution in [0.1, 0.15) is 65.1 Å². The predicted octanol–water partition coefficient (Wildman–Crippen LogP) is 3.04. The normalized spacial score (nSPS) is 13.6. The van der Waals surface area contributed by atoms with E-state index in [2.05, 4.69) is 10.6 Å². The van der Waals surface area contributed by atoms with Crippen LogP contribution in [0.25, 0.3) is 0 Å². The fraction of sp³-hybridized carbons (Fsp3) is 0.571. The van der Waals surface area contributed by atoms with E-state index in [1.165, 1.54) is 0 Å². The molecule has 2 atom stereocenters. The molecule has 6 heteroatoms. The Balaban J connectivity index is 2.89. The van der Waals surface area contributed by atoms with Gasteiger partial charge in [-0.25, -0.2) is 0 Å². The Morgan fingerprint density at radius 1 is 1.00 bits per heavy atom. The second-order valence-electron chi connectivity index (χ2n) is 8.16. The van der Waals surface area contributed by atoms with Crippen LogP contribution < -0.4 is 10.6 Å². The van der Waals surface area contributed by atoms with E-state index in [1.807, 2.05) is 31.2 Å². The average Bonchev–Trinajstić information content (AvgIpc) is 2.53. The molecule has 0 fully saturated rings. The van der Waals surface area contributed by atoms with Gasteiger partial charge in [-0.15, -0.1) is 0 Å². The molecule has 0 heterocycles. The van der Waals surface area contributed by atoms with Gasteiger partial charge in [0.1, 0.15) is 6.04 Å². The van der Waals surface area contributed by atoms with Gasteiger partial charge >= 0.3 is 5.97 Å². The van der Waals surface area contributed by atoms with Crippen molar-refractivity contribution < 1.29 is 19.1 Å². The van der Waals surface area contributed by atoms with Crippen molar-refractivity contribution in [2.75, 3.05) is 0 Å². The topological polar surface area (TPSA) is 84.5 Å². The zero-order valence-corrected chi connectivity index (χ0v) is 17.4. The molecule has 150 valence electrons. The zero-order chi connectivity index (χ0) is 20.8. The summed E-state index contributed by atoms with van der Waals surface area (Å²) in [6.45, 7) is 12.5. The first-order chi connectivity index (χ1) is 12.4. The molecule has 0 aliphatic heterocycles. The maximum Gasteiger partial charge on any atom is 0.308 e. The maximum absolute atomic E-state index is 12.6. The van der Waals surface area contributed by atoms with Gasteiger partial charge in [0.05, 0.1) is 18.6 Å². The van der Waals surface area contributed by atoms with Gasteiger partial charge in [0.2, 0.25) is 11.8 Å². The van der Waals surface area contributed by atoms with Crippen molar-refractivity contribution in [1.82, 2.24) is 10.6 Å². The molecule has 1 aromatic carbocycles. The second-order valence-corrected chi connectivity index (χ2v) is 8.16. The van der Waals surface area contributed by atoms with Crippen LogP contribution in [0.2, 0.25) is 0 Å². The lowest BCUT2D eigenvalue weighted by atomic mass is 9.95. The van der Waals surface area contributed by atoms with E-state index in [1.54, 1.807) is 41.5 Å². The van der Waals surface area contributed by atoms with Crippen LogP contribution in [0, 0.1) is 12.3 Å². The zero-order valence-electron chi connectivity index (χ0n) is 17.4. The van der Waals surface area contributed by atoms with Crippen molar-refractivity contribution >= 4 is 17.8 Å². The minimum Gasteiger partial charge on any atom is -0.463 e. The number of nitrogens with one attached hydrogen (secondary N) is 2. The van der Waals surface area contributed by atoms with Gasteiger partial charge in [0, 0.05) is 5.41 Å². The third-order valence-corrected chi connectivity index (χ3v) is 3.96. The van der Waals surface area contributed by atoms with Crippen LogP contribution in [0.5, 0.6) is 0 Å². The first kappa shape index (κ1) is 22.7. The van der Waals surface area contributed by atoms with Crippen LogP contribution in [0.15, 0.2) is 24.3 Å². The van der Waals surface area contributed by atoms with E-state index in [4.69, 9.17) is 4.74 Å². The third kappa shape index (κ3) is 7.81. The first-order valence-electron chi connectivity index (χ1n) is 9.27. The van der Waals surface area contributed by atoms with Crippen molar-refractivity contribution in [1.29, 1.82) is 0 Å². The van der Waals surface area contributed by atoms with E-state index in [9.17, 15) is 14.4 Å². The predicted molar refractivity (Wildman–Crippen MR) is 105 cm³/mol. The summed E-state index contributed by atoms with van der Waals surface area (Å²) >= 11 is 0. The van der Waals surface area contributed by atoms with E-state index in [0.29, 0.717) is 0 Å². The summed E-state index contributed by atoms with van der Waals surface area (Å²) in [4.78, 5) is 36.8. The average molecular weight is 376 g/mol. The number of esters is 1. The van der Waals surface area contributed by atoms with Crippen LogP contribution in [-0.2, 0) is 19.1 Å². The summed E-state index contributed by atoms with van der Waals surface area (Å²) in [7, 11) is 0. The number of hydrogen-bond donors (Lipinski definition) is 2. The number of aryl methyl sites for hydroxylation is 1. The largest absolute Gasteiger partial charge is 0.463 e. The number of carbonyl (C=O) groups is 3. The lowest BCUT2D eigenvalue weighted by molar-refractivity contribution is -0.148. The quantitative estimate of drug-likeness (QED) is 0.717. The van der Waals surface area contributed by atoms with Crippen LogP contribution in [-0.4, -0.2) is 29.9 Å². The van der Waals surface area contributed by atoms with E-state index in [-0.39, 0.29) is 30.3 Å². The molecule has 0 saturated heterocycles. The van der Waals surface area contributed by atoms with E-state index >= 15 is 0 Å². The highest BCUT2D eigenvalue weighted by atomic mass is 16.5. The molecule has 0 bridgehead atoms. The molecule has 2 amide bonds. The minimum absolute atomic E-state index is 0.0208. The summed E-state index contributed by atoms with van der Waals surface area (Å²) < 4.78 is 5.22. The summed E-state index contributed by atoms with van der Waals surface area (Å²) in [5.41, 5.74) is 1.30. The molecule has 0 aliphatic rings. The van der Waals surface area contributed by atoms with E-state index in [0.717, 1.165) is 11.1 Å². The van der Waals surface area contributed by atoms with Gasteiger partial charge in [0.25, 0.3) is 0 Å². The SMILES string of the molecule is Cc1ccc(C(CC(=O)OC(C)C)NC(=O)C(C)NC(=O)C(C)(C)C)cc1. The second kappa shape index (κ2) is 9.53. The van der Waals surface area contributed by atoms with Crippen molar-refractivity contribution in [3.8, 4) is 0 Å². The van der Waals surface area contributed by atoms with Gasteiger partial charge in [-0.2, -0.15) is 0 Å². The Bertz CT molecular complexity index is 660. The number of amides is 2. The third-order valence-electron chi connectivity index (χ3n) is 3.96. The molecule has 1 rings (SSSR count). The Kier molecular flexibility index (Phi) is 8.00. The molecule has 0 aromatic heterocycles. The number of hydrogen-bond acceptors (Lipinski definition) is 4. The molecule has 6 nitrogen and oxygen atoms in total. The highest BCUT2D eigenvalue weighted by Crippen LogP contribution is 2.19.